The fraction of sp³-hybridized carbons (Fsp3) is 0.562. The number of carbonyl (C=O) groups excluding carboxylic acids is 1. The van der Waals surface area contributed by atoms with E-state index in [4.69, 9.17) is 4.74 Å². The summed E-state index contributed by atoms with van der Waals surface area (Å²) in [6, 6.07) is 7.28. The molecule has 0 fully saturated rings. The fourth-order valence-corrected chi connectivity index (χ4v) is 2.48. The highest BCUT2D eigenvalue weighted by Gasteiger charge is 2.06. The number of rotatable bonds is 9. The molecule has 0 radical (unpaired) electrons. The zero-order chi connectivity index (χ0) is 15.7. The lowest BCUT2D eigenvalue weighted by Crippen LogP contribution is -2.25. The summed E-state index contributed by atoms with van der Waals surface area (Å²) in [6.45, 7) is 6.23. The van der Waals surface area contributed by atoms with Crippen molar-refractivity contribution in [3.8, 4) is 0 Å². The van der Waals surface area contributed by atoms with Crippen molar-refractivity contribution in [3.63, 3.8) is 0 Å². The third-order valence-electron chi connectivity index (χ3n) is 2.76. The van der Waals surface area contributed by atoms with Gasteiger partial charge >= 0.3 is 0 Å². The summed E-state index contributed by atoms with van der Waals surface area (Å²) in [7, 11) is -0.899. The molecule has 1 N–H and O–H groups in total. The SMILES string of the molecule is CC(C)COCCCNC(=O)c1cccc(CS(C)=O)c1. The van der Waals surface area contributed by atoms with E-state index >= 15 is 0 Å². The Morgan fingerprint density at radius 1 is 1.38 bits per heavy atom. The minimum Gasteiger partial charge on any atom is -0.381 e. The van der Waals surface area contributed by atoms with E-state index in [0.717, 1.165) is 18.6 Å². The molecule has 0 aliphatic carbocycles. The second-order valence-corrected chi connectivity index (χ2v) is 6.93. The van der Waals surface area contributed by atoms with Gasteiger partial charge in [0.05, 0.1) is 0 Å². The Bertz CT molecular complexity index is 474. The first-order chi connectivity index (χ1) is 9.99. The Balaban J connectivity index is 2.33. The molecule has 4 nitrogen and oxygen atoms in total. The van der Waals surface area contributed by atoms with Crippen LogP contribution in [0.2, 0.25) is 0 Å². The number of ether oxygens (including phenoxy) is 1. The Labute approximate surface area is 129 Å². The number of benzene rings is 1. The highest BCUT2D eigenvalue weighted by Crippen LogP contribution is 2.07. The van der Waals surface area contributed by atoms with Gasteiger partial charge in [-0.2, -0.15) is 0 Å². The third kappa shape index (κ3) is 7.97. The summed E-state index contributed by atoms with van der Waals surface area (Å²) in [4.78, 5) is 12.0. The molecule has 118 valence electrons. The van der Waals surface area contributed by atoms with Crippen LogP contribution in [0, 0.1) is 5.92 Å². The zero-order valence-electron chi connectivity index (χ0n) is 13.1. The first kappa shape index (κ1) is 17.9. The summed E-state index contributed by atoms with van der Waals surface area (Å²) in [6.07, 6.45) is 2.46. The normalized spacial score (nSPS) is 12.4. The summed E-state index contributed by atoms with van der Waals surface area (Å²) < 4.78 is 16.7. The smallest absolute Gasteiger partial charge is 0.251 e. The van der Waals surface area contributed by atoms with Crippen molar-refractivity contribution in [2.45, 2.75) is 26.0 Å². The van der Waals surface area contributed by atoms with E-state index in [0.29, 0.717) is 30.4 Å². The number of hydrogen-bond donors (Lipinski definition) is 1. The standard InChI is InChI=1S/C16H25NO3S/c1-13(2)11-20-9-5-8-17-16(18)15-7-4-6-14(10-15)12-21(3)19/h4,6-7,10,13H,5,8-9,11-12H2,1-3H3,(H,17,18). The molecule has 1 unspecified atom stereocenters. The van der Waals surface area contributed by atoms with Gasteiger partial charge in [0.1, 0.15) is 0 Å². The van der Waals surface area contributed by atoms with Gasteiger partial charge in [0.25, 0.3) is 5.91 Å². The van der Waals surface area contributed by atoms with Gasteiger partial charge in [-0.15, -0.1) is 0 Å². The van der Waals surface area contributed by atoms with Crippen LogP contribution in [0.4, 0.5) is 0 Å². The number of carbonyl (C=O) groups is 1. The average Bonchev–Trinajstić information content (AvgIpc) is 2.41. The van der Waals surface area contributed by atoms with E-state index in [-0.39, 0.29) is 5.91 Å². The fourth-order valence-electron chi connectivity index (χ4n) is 1.83. The van der Waals surface area contributed by atoms with Crippen molar-refractivity contribution in [2.24, 2.45) is 5.92 Å². The minimum atomic E-state index is -0.899. The van der Waals surface area contributed by atoms with Gasteiger partial charge in [-0.1, -0.05) is 26.0 Å². The van der Waals surface area contributed by atoms with Crippen molar-refractivity contribution < 1.29 is 13.7 Å². The molecule has 5 heteroatoms. The Morgan fingerprint density at radius 3 is 2.81 bits per heavy atom. The summed E-state index contributed by atoms with van der Waals surface area (Å²) in [5.74, 6) is 0.915. The van der Waals surface area contributed by atoms with Crippen LogP contribution >= 0.6 is 0 Å². The zero-order valence-corrected chi connectivity index (χ0v) is 13.9. The quantitative estimate of drug-likeness (QED) is 0.712. The predicted octanol–water partition coefficient (Wildman–Crippen LogP) is 2.36. The highest BCUT2D eigenvalue weighted by atomic mass is 32.2. The molecule has 1 aromatic rings. The molecule has 1 atom stereocenters. The Hall–Kier alpha value is -1.20. The summed E-state index contributed by atoms with van der Waals surface area (Å²) in [5.41, 5.74) is 1.53. The Kier molecular flexibility index (Phi) is 8.23. The topological polar surface area (TPSA) is 55.4 Å². The molecule has 21 heavy (non-hydrogen) atoms. The Morgan fingerprint density at radius 2 is 2.14 bits per heavy atom. The molecular weight excluding hydrogens is 286 g/mol. The van der Waals surface area contributed by atoms with Crippen LogP contribution < -0.4 is 5.32 Å². The van der Waals surface area contributed by atoms with Crippen LogP contribution in [0.3, 0.4) is 0 Å². The monoisotopic (exact) mass is 311 g/mol. The van der Waals surface area contributed by atoms with Crippen molar-refractivity contribution in [3.05, 3.63) is 35.4 Å². The lowest BCUT2D eigenvalue weighted by Gasteiger charge is -2.08. The van der Waals surface area contributed by atoms with Crippen molar-refractivity contribution in [1.82, 2.24) is 5.32 Å². The van der Waals surface area contributed by atoms with E-state index in [1.165, 1.54) is 0 Å². The van der Waals surface area contributed by atoms with Crippen molar-refractivity contribution >= 4 is 16.7 Å². The van der Waals surface area contributed by atoms with E-state index in [2.05, 4.69) is 19.2 Å². The maximum Gasteiger partial charge on any atom is 0.251 e. The molecule has 1 amide bonds. The summed E-state index contributed by atoms with van der Waals surface area (Å²) in [5, 5.41) is 2.87. The van der Waals surface area contributed by atoms with Crippen LogP contribution in [0.5, 0.6) is 0 Å². The number of hydrogen-bond acceptors (Lipinski definition) is 3. The molecule has 1 aromatic carbocycles. The molecule has 0 aliphatic rings. The maximum absolute atomic E-state index is 12.0. The second kappa shape index (κ2) is 9.68. The third-order valence-corrected chi connectivity index (χ3v) is 3.50. The first-order valence-corrected chi connectivity index (χ1v) is 8.96. The van der Waals surface area contributed by atoms with Crippen molar-refractivity contribution in [2.75, 3.05) is 26.0 Å². The van der Waals surface area contributed by atoms with Gasteiger partial charge in [0.2, 0.25) is 0 Å². The molecular formula is C16H25NO3S. The molecule has 0 spiro atoms. The molecule has 0 aliphatic heterocycles. The van der Waals surface area contributed by atoms with Gasteiger partial charge in [0.15, 0.2) is 0 Å². The molecule has 0 aromatic heterocycles. The van der Waals surface area contributed by atoms with Crippen LogP contribution in [0.15, 0.2) is 24.3 Å². The molecule has 0 heterocycles. The average molecular weight is 311 g/mol. The van der Waals surface area contributed by atoms with E-state index in [1.807, 2.05) is 12.1 Å². The molecule has 0 bridgehead atoms. The maximum atomic E-state index is 12.0. The second-order valence-electron chi connectivity index (χ2n) is 5.50. The van der Waals surface area contributed by atoms with Gasteiger partial charge in [-0.3, -0.25) is 9.00 Å². The summed E-state index contributed by atoms with van der Waals surface area (Å²) >= 11 is 0. The van der Waals surface area contributed by atoms with Crippen molar-refractivity contribution in [1.29, 1.82) is 0 Å². The van der Waals surface area contributed by atoms with Crippen LogP contribution in [-0.2, 0) is 21.3 Å². The van der Waals surface area contributed by atoms with Crippen LogP contribution in [0.1, 0.15) is 36.2 Å². The van der Waals surface area contributed by atoms with Gasteiger partial charge < -0.3 is 10.1 Å². The van der Waals surface area contributed by atoms with Gasteiger partial charge in [-0.05, 0) is 30.0 Å². The predicted molar refractivity (Wildman–Crippen MR) is 86.8 cm³/mol. The molecule has 0 saturated heterocycles. The van der Waals surface area contributed by atoms with Crippen LogP contribution in [0.25, 0.3) is 0 Å². The van der Waals surface area contributed by atoms with Gasteiger partial charge in [0, 0.05) is 48.1 Å². The number of nitrogens with one attached hydrogen (secondary N) is 1. The lowest BCUT2D eigenvalue weighted by molar-refractivity contribution is 0.0925. The minimum absolute atomic E-state index is 0.0948. The first-order valence-electron chi connectivity index (χ1n) is 7.24. The van der Waals surface area contributed by atoms with E-state index in [1.54, 1.807) is 18.4 Å². The lowest BCUT2D eigenvalue weighted by atomic mass is 10.1. The highest BCUT2D eigenvalue weighted by molar-refractivity contribution is 7.83. The largest absolute Gasteiger partial charge is 0.381 e. The van der Waals surface area contributed by atoms with E-state index in [9.17, 15) is 9.00 Å². The van der Waals surface area contributed by atoms with Crippen LogP contribution in [-0.4, -0.2) is 36.1 Å². The van der Waals surface area contributed by atoms with E-state index < -0.39 is 10.8 Å². The van der Waals surface area contributed by atoms with Gasteiger partial charge in [-0.25, -0.2) is 0 Å². The molecule has 1 rings (SSSR count). The number of amides is 1. The molecule has 0 saturated carbocycles.